The lowest BCUT2D eigenvalue weighted by Gasteiger charge is -2.10. The van der Waals surface area contributed by atoms with Crippen molar-refractivity contribution < 1.29 is 4.79 Å². The molecule has 0 aromatic carbocycles. The predicted octanol–water partition coefficient (Wildman–Crippen LogP) is 3.68. The Kier molecular flexibility index (Phi) is 4.49. The van der Waals surface area contributed by atoms with Crippen LogP contribution in [0.15, 0.2) is 29.6 Å². The Balaban J connectivity index is 1.44. The largest absolute Gasteiger partial charge is 0.309 e. The summed E-state index contributed by atoms with van der Waals surface area (Å²) in [6.45, 7) is 5.94. The highest BCUT2D eigenvalue weighted by molar-refractivity contribution is 7.13. The van der Waals surface area contributed by atoms with Crippen molar-refractivity contribution >= 4 is 28.7 Å². The molecule has 0 saturated heterocycles. The van der Waals surface area contributed by atoms with E-state index in [1.54, 1.807) is 11.3 Å². The molecule has 27 heavy (non-hydrogen) atoms. The summed E-state index contributed by atoms with van der Waals surface area (Å²) < 4.78 is 1.84. The number of carbonyl (C=O) groups is 1. The van der Waals surface area contributed by atoms with Gasteiger partial charge in [-0.2, -0.15) is 10.2 Å². The number of anilines is 1. The normalized spacial score (nSPS) is 11.2. The molecule has 2 N–H and O–H groups in total. The number of rotatable bonds is 5. The second-order valence-electron chi connectivity index (χ2n) is 6.51. The molecule has 4 heterocycles. The first-order valence-electron chi connectivity index (χ1n) is 8.73. The standard InChI is InChI=1S/C19H20N6OS/c1-11-9-18-20-12(2)14(13(3)25(18)24-11)6-7-19(26)21-17-10-15(22-23-17)16-5-4-8-27-16/h4-5,8-10H,6-7H2,1-3H3,(H2,21,22,23,26). The summed E-state index contributed by atoms with van der Waals surface area (Å²) in [5.74, 6) is 0.461. The molecule has 138 valence electrons. The SMILES string of the molecule is Cc1cc2nc(C)c(CCC(=O)Nc3cc(-c4cccs4)[nH]n3)c(C)n2n1. The maximum atomic E-state index is 12.4. The zero-order chi connectivity index (χ0) is 19.0. The van der Waals surface area contributed by atoms with Gasteiger partial charge >= 0.3 is 0 Å². The van der Waals surface area contributed by atoms with Crippen LogP contribution in [-0.4, -0.2) is 30.7 Å². The van der Waals surface area contributed by atoms with Gasteiger partial charge in [0.25, 0.3) is 0 Å². The first kappa shape index (κ1) is 17.4. The van der Waals surface area contributed by atoms with Crippen LogP contribution in [0.4, 0.5) is 5.82 Å². The maximum absolute atomic E-state index is 12.4. The predicted molar refractivity (Wildman–Crippen MR) is 106 cm³/mol. The Hall–Kier alpha value is -3.00. The summed E-state index contributed by atoms with van der Waals surface area (Å²) in [4.78, 5) is 18.1. The summed E-state index contributed by atoms with van der Waals surface area (Å²) in [6, 6.07) is 7.80. The summed E-state index contributed by atoms with van der Waals surface area (Å²) in [5.41, 5.74) is 5.69. The number of hydrogen-bond acceptors (Lipinski definition) is 5. The van der Waals surface area contributed by atoms with E-state index in [9.17, 15) is 4.79 Å². The maximum Gasteiger partial charge on any atom is 0.225 e. The zero-order valence-corrected chi connectivity index (χ0v) is 16.2. The quantitative estimate of drug-likeness (QED) is 0.553. The Morgan fingerprint density at radius 2 is 2.15 bits per heavy atom. The summed E-state index contributed by atoms with van der Waals surface area (Å²) in [5, 5.41) is 16.5. The van der Waals surface area contributed by atoms with Crippen LogP contribution in [-0.2, 0) is 11.2 Å². The molecule has 4 rings (SSSR count). The van der Waals surface area contributed by atoms with Gasteiger partial charge in [0, 0.05) is 29.9 Å². The van der Waals surface area contributed by atoms with Gasteiger partial charge in [0.15, 0.2) is 11.5 Å². The van der Waals surface area contributed by atoms with Crippen molar-refractivity contribution in [3.05, 3.63) is 52.3 Å². The van der Waals surface area contributed by atoms with Crippen molar-refractivity contribution in [1.29, 1.82) is 0 Å². The number of H-pyrrole nitrogens is 1. The van der Waals surface area contributed by atoms with Gasteiger partial charge in [-0.3, -0.25) is 9.89 Å². The van der Waals surface area contributed by atoms with Crippen molar-refractivity contribution in [1.82, 2.24) is 24.8 Å². The Morgan fingerprint density at radius 1 is 1.30 bits per heavy atom. The van der Waals surface area contributed by atoms with Crippen molar-refractivity contribution in [3.8, 4) is 10.6 Å². The number of nitrogens with zero attached hydrogens (tertiary/aromatic N) is 4. The van der Waals surface area contributed by atoms with E-state index in [-0.39, 0.29) is 5.91 Å². The average molecular weight is 380 g/mol. The van der Waals surface area contributed by atoms with Gasteiger partial charge in [-0.15, -0.1) is 11.3 Å². The van der Waals surface area contributed by atoms with E-state index in [2.05, 4.69) is 25.6 Å². The molecule has 0 unspecified atom stereocenters. The number of aromatic amines is 1. The first-order chi connectivity index (χ1) is 13.0. The molecular formula is C19H20N6OS. The smallest absolute Gasteiger partial charge is 0.225 e. The highest BCUT2D eigenvalue weighted by atomic mass is 32.1. The highest BCUT2D eigenvalue weighted by Gasteiger charge is 2.14. The molecule has 1 amide bonds. The molecule has 7 nitrogen and oxygen atoms in total. The van der Waals surface area contributed by atoms with Crippen LogP contribution in [0.2, 0.25) is 0 Å². The number of hydrogen-bond donors (Lipinski definition) is 2. The number of amides is 1. The second-order valence-corrected chi connectivity index (χ2v) is 7.46. The lowest BCUT2D eigenvalue weighted by Crippen LogP contribution is -2.14. The molecule has 0 aliphatic carbocycles. The summed E-state index contributed by atoms with van der Waals surface area (Å²) >= 11 is 1.62. The van der Waals surface area contributed by atoms with Gasteiger partial charge in [0.1, 0.15) is 0 Å². The van der Waals surface area contributed by atoms with Crippen LogP contribution in [0.3, 0.4) is 0 Å². The number of aryl methyl sites for hydroxylation is 3. The molecule has 0 spiro atoms. The highest BCUT2D eigenvalue weighted by Crippen LogP contribution is 2.24. The van der Waals surface area contributed by atoms with Crippen LogP contribution in [0.25, 0.3) is 16.2 Å². The van der Waals surface area contributed by atoms with Crippen LogP contribution >= 0.6 is 11.3 Å². The van der Waals surface area contributed by atoms with Crippen LogP contribution in [0, 0.1) is 20.8 Å². The van der Waals surface area contributed by atoms with Gasteiger partial charge in [0.05, 0.1) is 16.3 Å². The van der Waals surface area contributed by atoms with Crippen molar-refractivity contribution in [2.24, 2.45) is 0 Å². The van der Waals surface area contributed by atoms with E-state index < -0.39 is 0 Å². The molecule has 4 aromatic heterocycles. The van der Waals surface area contributed by atoms with Crippen LogP contribution in [0.1, 0.15) is 29.1 Å². The minimum atomic E-state index is -0.0743. The zero-order valence-electron chi connectivity index (χ0n) is 15.4. The van der Waals surface area contributed by atoms with E-state index >= 15 is 0 Å². The third kappa shape index (κ3) is 3.48. The molecule has 0 atom stereocenters. The minimum absolute atomic E-state index is 0.0743. The van der Waals surface area contributed by atoms with E-state index in [4.69, 9.17) is 0 Å². The van der Waals surface area contributed by atoms with E-state index in [0.717, 1.165) is 38.9 Å². The molecular weight excluding hydrogens is 360 g/mol. The number of thiophene rings is 1. The lowest BCUT2D eigenvalue weighted by molar-refractivity contribution is -0.116. The second kappa shape index (κ2) is 6.96. The Labute approximate surface area is 160 Å². The van der Waals surface area contributed by atoms with Crippen LogP contribution < -0.4 is 5.32 Å². The molecule has 0 radical (unpaired) electrons. The molecule has 0 aliphatic rings. The molecule has 0 bridgehead atoms. The van der Waals surface area contributed by atoms with Gasteiger partial charge < -0.3 is 5.32 Å². The number of carbonyl (C=O) groups excluding carboxylic acids is 1. The lowest BCUT2D eigenvalue weighted by atomic mass is 10.1. The van der Waals surface area contributed by atoms with Gasteiger partial charge in [0.2, 0.25) is 5.91 Å². The van der Waals surface area contributed by atoms with Crippen molar-refractivity contribution in [2.75, 3.05) is 5.32 Å². The molecule has 0 fully saturated rings. The third-order valence-electron chi connectivity index (χ3n) is 4.52. The molecule has 4 aromatic rings. The fraction of sp³-hybridized carbons (Fsp3) is 0.263. The molecule has 8 heteroatoms. The summed E-state index contributed by atoms with van der Waals surface area (Å²) in [6.07, 6.45) is 0.962. The number of aromatic nitrogens is 5. The van der Waals surface area contributed by atoms with Crippen molar-refractivity contribution in [2.45, 2.75) is 33.6 Å². The van der Waals surface area contributed by atoms with E-state index in [1.165, 1.54) is 0 Å². The van der Waals surface area contributed by atoms with Gasteiger partial charge in [-0.05, 0) is 44.2 Å². The third-order valence-corrected chi connectivity index (χ3v) is 5.42. The Morgan fingerprint density at radius 3 is 2.93 bits per heavy atom. The topological polar surface area (TPSA) is 88.0 Å². The fourth-order valence-electron chi connectivity index (χ4n) is 3.19. The monoisotopic (exact) mass is 380 g/mol. The fourth-order valence-corrected chi connectivity index (χ4v) is 3.88. The molecule has 0 saturated carbocycles. The van der Waals surface area contributed by atoms with E-state index in [0.29, 0.717) is 18.7 Å². The summed E-state index contributed by atoms with van der Waals surface area (Å²) in [7, 11) is 0. The Bertz CT molecular complexity index is 1110. The van der Waals surface area contributed by atoms with Gasteiger partial charge in [-0.25, -0.2) is 9.50 Å². The first-order valence-corrected chi connectivity index (χ1v) is 9.61. The van der Waals surface area contributed by atoms with Crippen LogP contribution in [0.5, 0.6) is 0 Å². The molecule has 0 aliphatic heterocycles. The van der Waals surface area contributed by atoms with Gasteiger partial charge in [-0.1, -0.05) is 6.07 Å². The number of fused-ring (bicyclic) bond motifs is 1. The minimum Gasteiger partial charge on any atom is -0.309 e. The van der Waals surface area contributed by atoms with E-state index in [1.807, 2.05) is 54.9 Å². The van der Waals surface area contributed by atoms with Crippen molar-refractivity contribution in [3.63, 3.8) is 0 Å². The average Bonchev–Trinajstić information content (AvgIpc) is 3.34. The number of nitrogens with one attached hydrogen (secondary N) is 2.